The van der Waals surface area contributed by atoms with Gasteiger partial charge in [0.2, 0.25) is 5.91 Å². The Morgan fingerprint density at radius 2 is 2.00 bits per heavy atom. The van der Waals surface area contributed by atoms with E-state index in [4.69, 9.17) is 0 Å². The van der Waals surface area contributed by atoms with Gasteiger partial charge in [0.25, 0.3) is 0 Å². The summed E-state index contributed by atoms with van der Waals surface area (Å²) in [4.78, 5) is 11.6. The molecule has 0 unspecified atom stereocenters. The highest BCUT2D eigenvalue weighted by molar-refractivity contribution is 5.76. The molecule has 0 heterocycles. The van der Waals surface area contributed by atoms with Crippen LogP contribution in [0.1, 0.15) is 31.9 Å². The molecule has 0 aliphatic heterocycles. The largest absolute Gasteiger partial charge is 0.350 e. The van der Waals surface area contributed by atoms with Gasteiger partial charge in [0.05, 0.1) is 6.04 Å². The monoisotopic (exact) mass is 220 g/mol. The van der Waals surface area contributed by atoms with E-state index in [0.717, 1.165) is 18.7 Å². The van der Waals surface area contributed by atoms with Gasteiger partial charge in [0.15, 0.2) is 0 Å². The van der Waals surface area contributed by atoms with Crippen LogP contribution < -0.4 is 10.6 Å². The lowest BCUT2D eigenvalue weighted by atomic mass is 10.1. The third kappa shape index (κ3) is 4.45. The molecular formula is C13H20N2O. The van der Waals surface area contributed by atoms with Gasteiger partial charge in [-0.15, -0.1) is 0 Å². The van der Waals surface area contributed by atoms with Crippen molar-refractivity contribution in [3.8, 4) is 0 Å². The van der Waals surface area contributed by atoms with E-state index < -0.39 is 0 Å². The van der Waals surface area contributed by atoms with Crippen molar-refractivity contribution in [2.24, 2.45) is 0 Å². The zero-order valence-corrected chi connectivity index (χ0v) is 9.99. The lowest BCUT2D eigenvalue weighted by Crippen LogP contribution is -2.29. The molecule has 0 spiro atoms. The van der Waals surface area contributed by atoms with Gasteiger partial charge in [-0.25, -0.2) is 0 Å². The zero-order chi connectivity index (χ0) is 11.8. The second kappa shape index (κ2) is 7.01. The van der Waals surface area contributed by atoms with Gasteiger partial charge in [0.1, 0.15) is 0 Å². The SMILES string of the molecule is CCNCCC(=O)N[C@H](C)c1ccccc1. The van der Waals surface area contributed by atoms with Crippen molar-refractivity contribution >= 4 is 5.91 Å². The van der Waals surface area contributed by atoms with Crippen molar-refractivity contribution in [2.75, 3.05) is 13.1 Å². The molecule has 0 saturated carbocycles. The molecule has 0 bridgehead atoms. The van der Waals surface area contributed by atoms with Crippen LogP contribution in [0, 0.1) is 0 Å². The Hall–Kier alpha value is -1.35. The maximum Gasteiger partial charge on any atom is 0.221 e. The van der Waals surface area contributed by atoms with E-state index in [0.29, 0.717) is 6.42 Å². The van der Waals surface area contributed by atoms with E-state index in [2.05, 4.69) is 10.6 Å². The minimum Gasteiger partial charge on any atom is -0.350 e. The molecule has 1 atom stereocenters. The Bertz CT molecular complexity index is 311. The van der Waals surface area contributed by atoms with E-state index >= 15 is 0 Å². The van der Waals surface area contributed by atoms with Crippen LogP contribution in [0.25, 0.3) is 0 Å². The number of nitrogens with one attached hydrogen (secondary N) is 2. The molecule has 0 fully saturated rings. The van der Waals surface area contributed by atoms with Crippen LogP contribution in [-0.4, -0.2) is 19.0 Å². The summed E-state index contributed by atoms with van der Waals surface area (Å²) in [5.41, 5.74) is 1.14. The fourth-order valence-electron chi connectivity index (χ4n) is 1.52. The molecule has 0 saturated heterocycles. The third-order valence-corrected chi connectivity index (χ3v) is 2.46. The molecule has 0 aliphatic rings. The van der Waals surface area contributed by atoms with Crippen LogP contribution in [0.15, 0.2) is 30.3 Å². The van der Waals surface area contributed by atoms with Crippen LogP contribution in [0.2, 0.25) is 0 Å². The molecule has 0 aliphatic carbocycles. The fraction of sp³-hybridized carbons (Fsp3) is 0.462. The molecule has 3 nitrogen and oxygen atoms in total. The lowest BCUT2D eigenvalue weighted by Gasteiger charge is -2.14. The number of benzene rings is 1. The predicted molar refractivity (Wildman–Crippen MR) is 66.2 cm³/mol. The number of carbonyl (C=O) groups is 1. The zero-order valence-electron chi connectivity index (χ0n) is 9.99. The van der Waals surface area contributed by atoms with E-state index in [9.17, 15) is 4.79 Å². The maximum atomic E-state index is 11.6. The van der Waals surface area contributed by atoms with Gasteiger partial charge < -0.3 is 10.6 Å². The van der Waals surface area contributed by atoms with Crippen LogP contribution in [0.5, 0.6) is 0 Å². The quantitative estimate of drug-likeness (QED) is 0.718. The van der Waals surface area contributed by atoms with Gasteiger partial charge in [0, 0.05) is 13.0 Å². The summed E-state index contributed by atoms with van der Waals surface area (Å²) >= 11 is 0. The third-order valence-electron chi connectivity index (χ3n) is 2.46. The molecule has 0 radical (unpaired) electrons. The minimum absolute atomic E-state index is 0.0790. The first-order valence-electron chi connectivity index (χ1n) is 5.79. The Balaban J connectivity index is 2.34. The molecule has 1 rings (SSSR count). The Kier molecular flexibility index (Phi) is 5.57. The topological polar surface area (TPSA) is 41.1 Å². The summed E-state index contributed by atoms with van der Waals surface area (Å²) in [7, 11) is 0. The highest BCUT2D eigenvalue weighted by Crippen LogP contribution is 2.10. The van der Waals surface area contributed by atoms with E-state index in [1.807, 2.05) is 44.2 Å². The predicted octanol–water partition coefficient (Wildman–Crippen LogP) is 1.86. The molecule has 1 amide bonds. The maximum absolute atomic E-state index is 11.6. The molecule has 1 aromatic rings. The number of hydrogen-bond acceptors (Lipinski definition) is 2. The van der Waals surface area contributed by atoms with Crippen LogP contribution in [0.4, 0.5) is 0 Å². The van der Waals surface area contributed by atoms with Crippen molar-refractivity contribution in [1.82, 2.24) is 10.6 Å². The molecule has 88 valence electrons. The van der Waals surface area contributed by atoms with Crippen molar-refractivity contribution in [1.29, 1.82) is 0 Å². The first-order chi connectivity index (χ1) is 7.74. The van der Waals surface area contributed by atoms with Gasteiger partial charge >= 0.3 is 0 Å². The first-order valence-corrected chi connectivity index (χ1v) is 5.79. The summed E-state index contributed by atoms with van der Waals surface area (Å²) in [6, 6.07) is 10.1. The standard InChI is InChI=1S/C13H20N2O/c1-3-14-10-9-13(16)15-11(2)12-7-5-4-6-8-12/h4-8,11,14H,3,9-10H2,1-2H3,(H,15,16)/t11-/m1/s1. The van der Waals surface area contributed by atoms with Gasteiger partial charge in [-0.1, -0.05) is 37.3 Å². The average molecular weight is 220 g/mol. The molecule has 16 heavy (non-hydrogen) atoms. The summed E-state index contributed by atoms with van der Waals surface area (Å²) < 4.78 is 0. The normalized spacial score (nSPS) is 12.1. The molecule has 2 N–H and O–H groups in total. The Morgan fingerprint density at radius 1 is 1.31 bits per heavy atom. The van der Waals surface area contributed by atoms with Crippen molar-refractivity contribution in [2.45, 2.75) is 26.3 Å². The number of rotatable bonds is 6. The molecule has 1 aromatic carbocycles. The number of carbonyl (C=O) groups excluding carboxylic acids is 1. The van der Waals surface area contributed by atoms with E-state index in [1.165, 1.54) is 0 Å². The second-order valence-corrected chi connectivity index (χ2v) is 3.80. The minimum atomic E-state index is 0.0790. The summed E-state index contributed by atoms with van der Waals surface area (Å²) in [5.74, 6) is 0.0947. The highest BCUT2D eigenvalue weighted by atomic mass is 16.1. The smallest absolute Gasteiger partial charge is 0.221 e. The summed E-state index contributed by atoms with van der Waals surface area (Å²) in [5, 5.41) is 6.11. The van der Waals surface area contributed by atoms with Crippen molar-refractivity contribution < 1.29 is 4.79 Å². The molecule has 3 heteroatoms. The van der Waals surface area contributed by atoms with Crippen molar-refractivity contribution in [3.63, 3.8) is 0 Å². The van der Waals surface area contributed by atoms with E-state index in [-0.39, 0.29) is 11.9 Å². The number of amides is 1. The Morgan fingerprint density at radius 3 is 2.62 bits per heavy atom. The number of hydrogen-bond donors (Lipinski definition) is 2. The van der Waals surface area contributed by atoms with Gasteiger partial charge in [-0.05, 0) is 19.0 Å². The van der Waals surface area contributed by atoms with Gasteiger partial charge in [-0.2, -0.15) is 0 Å². The van der Waals surface area contributed by atoms with Crippen LogP contribution in [-0.2, 0) is 4.79 Å². The second-order valence-electron chi connectivity index (χ2n) is 3.80. The molecular weight excluding hydrogens is 200 g/mol. The van der Waals surface area contributed by atoms with Gasteiger partial charge in [-0.3, -0.25) is 4.79 Å². The average Bonchev–Trinajstić information content (AvgIpc) is 2.30. The van der Waals surface area contributed by atoms with Crippen molar-refractivity contribution in [3.05, 3.63) is 35.9 Å². The summed E-state index contributed by atoms with van der Waals surface area (Å²) in [6.45, 7) is 5.68. The molecule has 0 aromatic heterocycles. The first kappa shape index (κ1) is 12.7. The Labute approximate surface area is 97.2 Å². The van der Waals surface area contributed by atoms with Crippen LogP contribution in [0.3, 0.4) is 0 Å². The highest BCUT2D eigenvalue weighted by Gasteiger charge is 2.07. The van der Waals surface area contributed by atoms with E-state index in [1.54, 1.807) is 0 Å². The fourth-order valence-corrected chi connectivity index (χ4v) is 1.52. The summed E-state index contributed by atoms with van der Waals surface area (Å²) in [6.07, 6.45) is 0.533. The van der Waals surface area contributed by atoms with Crippen LogP contribution >= 0.6 is 0 Å². The lowest BCUT2D eigenvalue weighted by molar-refractivity contribution is -0.121.